The fourth-order valence-electron chi connectivity index (χ4n) is 2.43. The van der Waals surface area contributed by atoms with Crippen molar-refractivity contribution in [3.05, 3.63) is 84.0 Å². The molecule has 1 aliphatic carbocycles. The van der Waals surface area contributed by atoms with Crippen molar-refractivity contribution in [2.24, 2.45) is 9.98 Å². The quantitative estimate of drug-likeness (QED) is 0.765. The molecule has 0 spiro atoms. The molecule has 2 aromatic rings. The third kappa shape index (κ3) is 4.67. The molecule has 6 nitrogen and oxygen atoms in total. The molecule has 2 amide bonds. The molecule has 0 aromatic heterocycles. The van der Waals surface area contributed by atoms with E-state index in [0.717, 1.165) is 0 Å². The Hall–Kier alpha value is -3.80. The lowest BCUT2D eigenvalue weighted by molar-refractivity contribution is 0.0994. The molecular formula is C22H18N2O4. The predicted octanol–water partition coefficient (Wildman–Crippen LogP) is 3.69. The van der Waals surface area contributed by atoms with Gasteiger partial charge in [0, 0.05) is 11.1 Å². The van der Waals surface area contributed by atoms with E-state index in [9.17, 15) is 9.59 Å². The number of rotatable bonds is 4. The molecule has 0 heterocycles. The fourth-order valence-corrected chi connectivity index (χ4v) is 2.43. The Labute approximate surface area is 162 Å². The first kappa shape index (κ1) is 19.0. The molecule has 0 aliphatic heterocycles. The first-order chi connectivity index (χ1) is 13.6. The minimum Gasteiger partial charge on any atom is -0.497 e. The van der Waals surface area contributed by atoms with Crippen LogP contribution in [0.4, 0.5) is 0 Å². The molecule has 0 fully saturated rings. The summed E-state index contributed by atoms with van der Waals surface area (Å²) in [5, 5.41) is 0. The normalized spacial score (nSPS) is 12.5. The van der Waals surface area contributed by atoms with Gasteiger partial charge < -0.3 is 9.47 Å². The van der Waals surface area contributed by atoms with Crippen LogP contribution in [-0.2, 0) is 0 Å². The van der Waals surface area contributed by atoms with Crippen molar-refractivity contribution in [3.63, 3.8) is 0 Å². The number of hydrogen-bond acceptors (Lipinski definition) is 4. The number of nitrogens with zero attached hydrogens (tertiary/aromatic N) is 2. The van der Waals surface area contributed by atoms with E-state index >= 15 is 0 Å². The van der Waals surface area contributed by atoms with Crippen molar-refractivity contribution < 1.29 is 19.1 Å². The van der Waals surface area contributed by atoms with Crippen LogP contribution in [0.15, 0.2) is 82.8 Å². The van der Waals surface area contributed by atoms with Crippen molar-refractivity contribution in [1.82, 2.24) is 0 Å². The molecule has 1 aliphatic rings. The number of amides is 2. The Morgan fingerprint density at radius 1 is 0.607 bits per heavy atom. The summed E-state index contributed by atoms with van der Waals surface area (Å²) < 4.78 is 10.1. The summed E-state index contributed by atoms with van der Waals surface area (Å²) in [5.41, 5.74) is 1.89. The third-order valence-corrected chi connectivity index (χ3v) is 3.98. The Kier molecular flexibility index (Phi) is 5.91. The Balaban J connectivity index is 1.68. The van der Waals surface area contributed by atoms with E-state index in [-0.39, 0.29) is 11.8 Å². The predicted molar refractivity (Wildman–Crippen MR) is 108 cm³/mol. The smallest absolute Gasteiger partial charge is 0.277 e. The monoisotopic (exact) mass is 374 g/mol. The first-order valence-corrected chi connectivity index (χ1v) is 8.49. The van der Waals surface area contributed by atoms with Gasteiger partial charge in [-0.15, -0.1) is 0 Å². The average molecular weight is 374 g/mol. The summed E-state index contributed by atoms with van der Waals surface area (Å²) in [4.78, 5) is 32.6. The third-order valence-electron chi connectivity index (χ3n) is 3.98. The van der Waals surface area contributed by atoms with Crippen LogP contribution in [0.1, 0.15) is 20.7 Å². The van der Waals surface area contributed by atoms with Crippen LogP contribution in [0, 0.1) is 0 Å². The van der Waals surface area contributed by atoms with Crippen molar-refractivity contribution in [3.8, 4) is 11.5 Å². The highest BCUT2D eigenvalue weighted by atomic mass is 16.5. The Morgan fingerprint density at radius 2 is 0.929 bits per heavy atom. The summed E-state index contributed by atoms with van der Waals surface area (Å²) in [7, 11) is 3.13. The van der Waals surface area contributed by atoms with Crippen molar-refractivity contribution in [2.75, 3.05) is 14.2 Å². The molecular weight excluding hydrogens is 356 g/mol. The number of aliphatic imine (C=N–C) groups is 2. The molecule has 0 N–H and O–H groups in total. The zero-order valence-electron chi connectivity index (χ0n) is 15.5. The summed E-state index contributed by atoms with van der Waals surface area (Å²) in [6.45, 7) is 0. The first-order valence-electron chi connectivity index (χ1n) is 8.49. The number of methoxy groups -OCH3 is 2. The van der Waals surface area contributed by atoms with Gasteiger partial charge in [0.15, 0.2) is 0 Å². The van der Waals surface area contributed by atoms with Crippen LogP contribution < -0.4 is 9.47 Å². The van der Waals surface area contributed by atoms with Crippen molar-refractivity contribution >= 4 is 23.2 Å². The van der Waals surface area contributed by atoms with Crippen LogP contribution in [-0.4, -0.2) is 37.5 Å². The van der Waals surface area contributed by atoms with Crippen LogP contribution in [0.5, 0.6) is 11.5 Å². The maximum Gasteiger partial charge on any atom is 0.277 e. The summed E-state index contributed by atoms with van der Waals surface area (Å²) in [6, 6.07) is 13.4. The Bertz CT molecular complexity index is 898. The zero-order valence-corrected chi connectivity index (χ0v) is 15.5. The van der Waals surface area contributed by atoms with Crippen molar-refractivity contribution in [2.45, 2.75) is 0 Å². The standard InChI is InChI=1S/C22H18N2O4/c1-27-19-11-3-15(4-12-19)21(25)23-17-7-9-18(10-8-17)24-22(26)16-5-13-20(28-2)14-6-16/h3-14H,1-2H3. The van der Waals surface area contributed by atoms with Gasteiger partial charge in [-0.2, -0.15) is 0 Å². The van der Waals surface area contributed by atoms with Gasteiger partial charge in [0.05, 0.1) is 25.6 Å². The molecule has 2 aromatic carbocycles. The van der Waals surface area contributed by atoms with Gasteiger partial charge in [0.25, 0.3) is 11.8 Å². The minimum atomic E-state index is -0.360. The van der Waals surface area contributed by atoms with Crippen LogP contribution in [0.2, 0.25) is 0 Å². The molecule has 0 bridgehead atoms. The molecule has 0 radical (unpaired) electrons. The van der Waals surface area contributed by atoms with E-state index < -0.39 is 0 Å². The van der Waals surface area contributed by atoms with Gasteiger partial charge in [0.1, 0.15) is 11.5 Å². The van der Waals surface area contributed by atoms with Gasteiger partial charge in [-0.05, 0) is 72.8 Å². The van der Waals surface area contributed by atoms with E-state index in [1.165, 1.54) is 0 Å². The van der Waals surface area contributed by atoms with Crippen LogP contribution >= 0.6 is 0 Å². The van der Waals surface area contributed by atoms with E-state index in [0.29, 0.717) is 34.0 Å². The largest absolute Gasteiger partial charge is 0.497 e. The molecule has 140 valence electrons. The second kappa shape index (κ2) is 8.73. The number of hydrogen-bond donors (Lipinski definition) is 0. The van der Waals surface area contributed by atoms with Crippen LogP contribution in [0.3, 0.4) is 0 Å². The number of ether oxygens (including phenoxy) is 2. The highest BCUT2D eigenvalue weighted by Crippen LogP contribution is 2.14. The van der Waals surface area contributed by atoms with Crippen molar-refractivity contribution in [1.29, 1.82) is 0 Å². The lowest BCUT2D eigenvalue weighted by Crippen LogP contribution is -2.06. The Morgan fingerprint density at radius 3 is 1.21 bits per heavy atom. The number of carbonyl (C=O) groups excluding carboxylic acids is 2. The lowest BCUT2D eigenvalue weighted by atomic mass is 10.1. The molecule has 0 saturated carbocycles. The summed E-state index contributed by atoms with van der Waals surface area (Å²) >= 11 is 0. The molecule has 6 heteroatoms. The van der Waals surface area contributed by atoms with E-state index in [1.807, 2.05) is 0 Å². The summed E-state index contributed by atoms with van der Waals surface area (Å²) in [5.74, 6) is 0.622. The van der Waals surface area contributed by atoms with E-state index in [4.69, 9.17) is 9.47 Å². The number of allylic oxidation sites excluding steroid dienone is 4. The van der Waals surface area contributed by atoms with Gasteiger partial charge in [-0.25, -0.2) is 9.98 Å². The zero-order chi connectivity index (χ0) is 19.9. The SMILES string of the molecule is COc1ccc(C(=O)N=C2C=CC(=NC(=O)c3ccc(OC)cc3)C=C2)cc1. The van der Waals surface area contributed by atoms with Gasteiger partial charge in [-0.3, -0.25) is 9.59 Å². The van der Waals surface area contributed by atoms with Gasteiger partial charge in [0.2, 0.25) is 0 Å². The van der Waals surface area contributed by atoms with Gasteiger partial charge >= 0.3 is 0 Å². The highest BCUT2D eigenvalue weighted by molar-refractivity contribution is 6.23. The molecule has 28 heavy (non-hydrogen) atoms. The van der Waals surface area contributed by atoms with Gasteiger partial charge in [-0.1, -0.05) is 0 Å². The summed E-state index contributed by atoms with van der Waals surface area (Å²) in [6.07, 6.45) is 6.56. The number of benzene rings is 2. The maximum absolute atomic E-state index is 12.2. The van der Waals surface area contributed by atoms with E-state index in [2.05, 4.69) is 9.98 Å². The molecule has 0 unspecified atom stereocenters. The average Bonchev–Trinajstić information content (AvgIpc) is 2.75. The number of carbonyl (C=O) groups is 2. The second-order valence-corrected chi connectivity index (χ2v) is 5.81. The minimum absolute atomic E-state index is 0.360. The topological polar surface area (TPSA) is 77.3 Å². The fraction of sp³-hybridized carbons (Fsp3) is 0.0909. The van der Waals surface area contributed by atoms with E-state index in [1.54, 1.807) is 87.1 Å². The highest BCUT2D eigenvalue weighted by Gasteiger charge is 2.09. The lowest BCUT2D eigenvalue weighted by Gasteiger charge is -2.04. The van der Waals surface area contributed by atoms with Crippen LogP contribution in [0.25, 0.3) is 0 Å². The molecule has 0 saturated heterocycles. The maximum atomic E-state index is 12.2. The molecule has 3 rings (SSSR count). The molecule has 0 atom stereocenters. The second-order valence-electron chi connectivity index (χ2n) is 5.81.